The van der Waals surface area contributed by atoms with Crippen LogP contribution in [0.1, 0.15) is 38.1 Å². The van der Waals surface area contributed by atoms with Gasteiger partial charge in [0.05, 0.1) is 0 Å². The Hall–Kier alpha value is -2.44. The molecule has 0 unspecified atom stereocenters. The molecule has 0 heterocycles. The Kier molecular flexibility index (Phi) is 8.04. The van der Waals surface area contributed by atoms with Gasteiger partial charge in [0.25, 0.3) is 11.8 Å². The number of esters is 1. The lowest BCUT2D eigenvalue weighted by Crippen LogP contribution is -2.46. The number of hydrogen-bond acceptors (Lipinski definition) is 4. The molecule has 0 saturated carbocycles. The van der Waals surface area contributed by atoms with Gasteiger partial charge in [0.1, 0.15) is 11.9 Å². The molecule has 0 aliphatic carbocycles. The molecule has 0 aliphatic rings. The maximum absolute atomic E-state index is 12.9. The van der Waals surface area contributed by atoms with Crippen LogP contribution in [0.25, 0.3) is 0 Å². The normalized spacial score (nSPS) is 12.0. The van der Waals surface area contributed by atoms with Gasteiger partial charge in [0, 0.05) is 12.1 Å². The van der Waals surface area contributed by atoms with Crippen molar-refractivity contribution in [1.29, 1.82) is 0 Å². The summed E-state index contributed by atoms with van der Waals surface area (Å²) in [4.78, 5) is 36.0. The van der Waals surface area contributed by atoms with Gasteiger partial charge in [-0.05, 0) is 36.1 Å². The van der Waals surface area contributed by atoms with Crippen LogP contribution >= 0.6 is 0 Å². The molecule has 138 valence electrons. The summed E-state index contributed by atoms with van der Waals surface area (Å²) >= 11 is 0. The maximum atomic E-state index is 12.9. The molecule has 1 rings (SSSR count). The highest BCUT2D eigenvalue weighted by Crippen LogP contribution is 2.08. The van der Waals surface area contributed by atoms with E-state index in [0.717, 1.165) is 12.1 Å². The van der Waals surface area contributed by atoms with E-state index in [-0.39, 0.29) is 17.4 Å². The first-order chi connectivity index (χ1) is 11.7. The number of nitrogens with one attached hydrogen (secondary N) is 2. The molecule has 0 aliphatic heterocycles. The van der Waals surface area contributed by atoms with E-state index in [4.69, 9.17) is 4.74 Å². The summed E-state index contributed by atoms with van der Waals surface area (Å²) in [6.45, 7) is 7.48. The standard InChI is InChI=1S/C18H25FN2O4/c1-11(2)9-20-15(22)10-25-18(24)16(12(3)4)21-17(23)13-5-7-14(19)8-6-13/h5-8,11-12,16H,9-10H2,1-4H3,(H,20,22)(H,21,23)/t16-/m0/s1. The van der Waals surface area contributed by atoms with Gasteiger partial charge in [0.2, 0.25) is 0 Å². The number of halogens is 1. The SMILES string of the molecule is CC(C)CNC(=O)COC(=O)[C@@H](NC(=O)c1ccc(F)cc1)C(C)C. The number of carbonyl (C=O) groups excluding carboxylic acids is 3. The van der Waals surface area contributed by atoms with E-state index in [9.17, 15) is 18.8 Å². The predicted molar refractivity (Wildman–Crippen MR) is 91.3 cm³/mol. The Morgan fingerprint density at radius 3 is 2.20 bits per heavy atom. The monoisotopic (exact) mass is 352 g/mol. The molecule has 2 amide bonds. The Bertz CT molecular complexity index is 600. The molecule has 1 aromatic rings. The van der Waals surface area contributed by atoms with Crippen molar-refractivity contribution in [2.24, 2.45) is 11.8 Å². The lowest BCUT2D eigenvalue weighted by Gasteiger charge is -2.21. The van der Waals surface area contributed by atoms with Gasteiger partial charge in [-0.15, -0.1) is 0 Å². The molecule has 7 heteroatoms. The van der Waals surface area contributed by atoms with E-state index >= 15 is 0 Å². The molecule has 0 aromatic heterocycles. The fourth-order valence-electron chi connectivity index (χ4n) is 1.92. The second-order valence-corrected chi connectivity index (χ2v) is 6.51. The van der Waals surface area contributed by atoms with Gasteiger partial charge in [-0.1, -0.05) is 27.7 Å². The predicted octanol–water partition coefficient (Wildman–Crippen LogP) is 1.90. The van der Waals surface area contributed by atoms with E-state index in [0.29, 0.717) is 6.54 Å². The first-order valence-electron chi connectivity index (χ1n) is 8.20. The fraction of sp³-hybridized carbons (Fsp3) is 0.500. The number of hydrogen-bond donors (Lipinski definition) is 2. The number of rotatable bonds is 8. The molecule has 0 radical (unpaired) electrons. The molecule has 25 heavy (non-hydrogen) atoms. The lowest BCUT2D eigenvalue weighted by molar-refractivity contribution is -0.151. The highest BCUT2D eigenvalue weighted by Gasteiger charge is 2.26. The van der Waals surface area contributed by atoms with Crippen LogP contribution in [0, 0.1) is 17.7 Å². The molecule has 6 nitrogen and oxygen atoms in total. The maximum Gasteiger partial charge on any atom is 0.329 e. The molecular weight excluding hydrogens is 327 g/mol. The van der Waals surface area contributed by atoms with Crippen LogP contribution in [0.15, 0.2) is 24.3 Å². The number of carbonyl (C=O) groups is 3. The summed E-state index contributed by atoms with van der Waals surface area (Å²) < 4.78 is 17.9. The van der Waals surface area contributed by atoms with Crippen LogP contribution in [-0.2, 0) is 14.3 Å². The quantitative estimate of drug-likeness (QED) is 0.700. The van der Waals surface area contributed by atoms with Crippen molar-refractivity contribution in [3.05, 3.63) is 35.6 Å². The zero-order valence-electron chi connectivity index (χ0n) is 15.0. The highest BCUT2D eigenvalue weighted by molar-refractivity contribution is 5.97. The minimum Gasteiger partial charge on any atom is -0.454 e. The van der Waals surface area contributed by atoms with Crippen molar-refractivity contribution in [3.63, 3.8) is 0 Å². The molecule has 1 atom stereocenters. The van der Waals surface area contributed by atoms with Gasteiger partial charge >= 0.3 is 5.97 Å². The number of amides is 2. The molecule has 0 bridgehead atoms. The summed E-state index contributed by atoms with van der Waals surface area (Å²) in [5.41, 5.74) is 0.231. The van der Waals surface area contributed by atoms with Crippen LogP contribution in [0.5, 0.6) is 0 Å². The van der Waals surface area contributed by atoms with Crippen molar-refractivity contribution in [1.82, 2.24) is 10.6 Å². The van der Waals surface area contributed by atoms with Gasteiger partial charge < -0.3 is 15.4 Å². The first kappa shape index (κ1) is 20.6. The summed E-state index contributed by atoms with van der Waals surface area (Å²) in [5.74, 6) is -2.00. The van der Waals surface area contributed by atoms with Gasteiger partial charge in [-0.3, -0.25) is 9.59 Å². The van der Waals surface area contributed by atoms with Crippen LogP contribution in [0.2, 0.25) is 0 Å². The van der Waals surface area contributed by atoms with Gasteiger partial charge in [-0.2, -0.15) is 0 Å². The van der Waals surface area contributed by atoms with Crippen molar-refractivity contribution >= 4 is 17.8 Å². The minimum atomic E-state index is -0.907. The largest absolute Gasteiger partial charge is 0.454 e. The van der Waals surface area contributed by atoms with Crippen molar-refractivity contribution in [3.8, 4) is 0 Å². The van der Waals surface area contributed by atoms with Crippen LogP contribution in [0.4, 0.5) is 4.39 Å². The molecule has 0 fully saturated rings. The topological polar surface area (TPSA) is 84.5 Å². The highest BCUT2D eigenvalue weighted by atomic mass is 19.1. The summed E-state index contributed by atoms with van der Waals surface area (Å²) in [6.07, 6.45) is 0. The Labute approximate surface area is 147 Å². The summed E-state index contributed by atoms with van der Waals surface area (Å²) in [5, 5.41) is 5.20. The Morgan fingerprint density at radius 2 is 1.68 bits per heavy atom. The molecule has 1 aromatic carbocycles. The third kappa shape index (κ3) is 7.32. The van der Waals surface area contributed by atoms with E-state index in [2.05, 4.69) is 10.6 Å². The van der Waals surface area contributed by atoms with Crippen LogP contribution in [0.3, 0.4) is 0 Å². The van der Waals surface area contributed by atoms with E-state index < -0.39 is 36.2 Å². The molecule has 2 N–H and O–H groups in total. The Balaban J connectivity index is 2.60. The molecular formula is C18H25FN2O4. The van der Waals surface area contributed by atoms with Gasteiger partial charge in [0.15, 0.2) is 6.61 Å². The van der Waals surface area contributed by atoms with Crippen molar-refractivity contribution in [2.45, 2.75) is 33.7 Å². The van der Waals surface area contributed by atoms with E-state index in [1.165, 1.54) is 12.1 Å². The van der Waals surface area contributed by atoms with E-state index in [1.807, 2.05) is 13.8 Å². The third-order valence-corrected chi connectivity index (χ3v) is 3.37. The lowest BCUT2D eigenvalue weighted by atomic mass is 10.0. The van der Waals surface area contributed by atoms with Crippen molar-refractivity contribution in [2.75, 3.05) is 13.2 Å². The average molecular weight is 352 g/mol. The van der Waals surface area contributed by atoms with Crippen LogP contribution < -0.4 is 10.6 Å². The summed E-state index contributed by atoms with van der Waals surface area (Å²) in [6, 6.07) is 4.07. The number of ether oxygens (including phenoxy) is 1. The first-order valence-corrected chi connectivity index (χ1v) is 8.20. The van der Waals surface area contributed by atoms with Gasteiger partial charge in [-0.25, -0.2) is 9.18 Å². The summed E-state index contributed by atoms with van der Waals surface area (Å²) in [7, 11) is 0. The number of benzene rings is 1. The second-order valence-electron chi connectivity index (χ2n) is 6.51. The van der Waals surface area contributed by atoms with Crippen molar-refractivity contribution < 1.29 is 23.5 Å². The third-order valence-electron chi connectivity index (χ3n) is 3.37. The van der Waals surface area contributed by atoms with Crippen LogP contribution in [-0.4, -0.2) is 37.0 Å². The fourth-order valence-corrected chi connectivity index (χ4v) is 1.92. The molecule has 0 spiro atoms. The minimum absolute atomic E-state index is 0.231. The Morgan fingerprint density at radius 1 is 1.08 bits per heavy atom. The second kappa shape index (κ2) is 9.76. The average Bonchev–Trinajstić information content (AvgIpc) is 2.55. The van der Waals surface area contributed by atoms with E-state index in [1.54, 1.807) is 13.8 Å². The zero-order valence-corrected chi connectivity index (χ0v) is 15.0. The zero-order chi connectivity index (χ0) is 19.0. The molecule has 0 saturated heterocycles. The smallest absolute Gasteiger partial charge is 0.329 e.